The van der Waals surface area contributed by atoms with Gasteiger partial charge >= 0.3 is 0 Å². The molecule has 0 aliphatic heterocycles. The third kappa shape index (κ3) is 1.55. The van der Waals surface area contributed by atoms with Gasteiger partial charge in [-0.2, -0.15) is 0 Å². The Morgan fingerprint density at radius 1 is 0.850 bits per heavy atom. The molecule has 2 aromatic rings. The monoisotopic (exact) mass is 274 g/mol. The van der Waals surface area contributed by atoms with Crippen LogP contribution in [-0.2, 0) is 0 Å². The Hall–Kier alpha value is -2.04. The van der Waals surface area contributed by atoms with E-state index in [1.165, 1.54) is 14.2 Å². The molecule has 2 nitrogen and oxygen atoms in total. The summed E-state index contributed by atoms with van der Waals surface area (Å²) in [6, 6.07) is 6.67. The second-order valence-electron chi connectivity index (χ2n) is 4.81. The fourth-order valence-electron chi connectivity index (χ4n) is 2.92. The Labute approximate surface area is 116 Å². The molecule has 0 amide bonds. The first-order valence-corrected chi connectivity index (χ1v) is 6.33. The van der Waals surface area contributed by atoms with Crippen LogP contribution in [0.4, 0.5) is 8.78 Å². The average Bonchev–Trinajstić information content (AvgIpc) is 2.74. The first-order chi connectivity index (χ1) is 9.60. The summed E-state index contributed by atoms with van der Waals surface area (Å²) in [5, 5.41) is 0. The quantitative estimate of drug-likeness (QED) is 0.784. The van der Waals surface area contributed by atoms with E-state index in [2.05, 4.69) is 0 Å². The molecular weight excluding hydrogens is 261 g/mol. The Kier molecular flexibility index (Phi) is 2.92. The van der Waals surface area contributed by atoms with Crippen molar-refractivity contribution < 1.29 is 18.3 Å². The molecule has 0 radical (unpaired) electrons. The van der Waals surface area contributed by atoms with Crippen molar-refractivity contribution >= 4 is 7.85 Å². The molecule has 0 saturated heterocycles. The van der Waals surface area contributed by atoms with Crippen molar-refractivity contribution in [1.29, 1.82) is 0 Å². The smallest absolute Gasteiger partial charge is 0.168 e. The molecule has 3 rings (SSSR count). The molecule has 5 heteroatoms. The van der Waals surface area contributed by atoms with Gasteiger partial charge in [-0.3, -0.25) is 0 Å². The Bertz CT molecular complexity index is 641. The molecule has 0 spiro atoms. The minimum atomic E-state index is -0.424. The summed E-state index contributed by atoms with van der Waals surface area (Å²) in [4.78, 5) is 0. The summed E-state index contributed by atoms with van der Waals surface area (Å²) < 4.78 is 38.8. The Balaban J connectivity index is 2.29. The van der Waals surface area contributed by atoms with E-state index in [-0.39, 0.29) is 17.3 Å². The highest BCUT2D eigenvalue weighted by molar-refractivity contribution is 6.17. The number of halogens is 2. The van der Waals surface area contributed by atoms with Crippen LogP contribution in [0.15, 0.2) is 24.3 Å². The fraction of sp³-hybridized carbons (Fsp3) is 0.200. The number of ether oxygens (including phenoxy) is 2. The van der Waals surface area contributed by atoms with Gasteiger partial charge < -0.3 is 9.47 Å². The number of fused-ring (bicyclic) bond motifs is 3. The molecule has 0 fully saturated rings. The van der Waals surface area contributed by atoms with E-state index in [9.17, 15) is 8.78 Å². The summed E-state index contributed by atoms with van der Waals surface area (Å²) in [6.45, 7) is 0. The Morgan fingerprint density at radius 2 is 1.25 bits per heavy atom. The van der Waals surface area contributed by atoms with Crippen LogP contribution in [0.3, 0.4) is 0 Å². The first kappa shape index (κ1) is 13.0. The van der Waals surface area contributed by atoms with E-state index >= 15 is 0 Å². The lowest BCUT2D eigenvalue weighted by Gasteiger charge is -2.11. The van der Waals surface area contributed by atoms with Crippen LogP contribution in [-0.4, -0.2) is 22.1 Å². The van der Waals surface area contributed by atoms with Crippen LogP contribution in [0.25, 0.3) is 11.1 Å². The lowest BCUT2D eigenvalue weighted by atomic mass is 9.78. The van der Waals surface area contributed by atoms with Crippen LogP contribution in [0, 0.1) is 11.6 Å². The summed E-state index contributed by atoms with van der Waals surface area (Å²) in [5.74, 6) is -0.865. The van der Waals surface area contributed by atoms with E-state index < -0.39 is 11.6 Å². The van der Waals surface area contributed by atoms with Crippen LogP contribution in [0.5, 0.6) is 11.5 Å². The zero-order chi connectivity index (χ0) is 14.4. The van der Waals surface area contributed by atoms with Gasteiger partial charge in [0, 0.05) is 0 Å². The highest BCUT2D eigenvalue weighted by atomic mass is 19.1. The van der Waals surface area contributed by atoms with Crippen molar-refractivity contribution in [2.24, 2.45) is 0 Å². The van der Waals surface area contributed by atoms with Crippen molar-refractivity contribution in [1.82, 2.24) is 0 Å². The minimum Gasteiger partial charge on any atom is -0.494 e. The van der Waals surface area contributed by atoms with Gasteiger partial charge in [-0.1, -0.05) is 12.1 Å². The van der Waals surface area contributed by atoms with Gasteiger partial charge in [0.05, 0.1) is 14.2 Å². The van der Waals surface area contributed by atoms with Gasteiger partial charge in [0.25, 0.3) is 0 Å². The van der Waals surface area contributed by atoms with Crippen LogP contribution in [0.2, 0.25) is 0 Å². The van der Waals surface area contributed by atoms with E-state index in [1.807, 2.05) is 0 Å². The van der Waals surface area contributed by atoms with Crippen molar-refractivity contribution in [3.05, 3.63) is 47.0 Å². The maximum atomic E-state index is 14.4. The second kappa shape index (κ2) is 4.51. The highest BCUT2D eigenvalue weighted by Crippen LogP contribution is 2.48. The molecule has 20 heavy (non-hydrogen) atoms. The van der Waals surface area contributed by atoms with Crippen molar-refractivity contribution in [3.8, 4) is 22.6 Å². The average molecular weight is 274 g/mol. The van der Waals surface area contributed by atoms with Gasteiger partial charge in [-0.05, 0) is 40.2 Å². The zero-order valence-corrected chi connectivity index (χ0v) is 11.5. The predicted octanol–water partition coefficient (Wildman–Crippen LogP) is 2.68. The van der Waals surface area contributed by atoms with Crippen molar-refractivity contribution in [3.63, 3.8) is 0 Å². The predicted molar refractivity (Wildman–Crippen MR) is 75.3 cm³/mol. The third-order valence-corrected chi connectivity index (χ3v) is 3.88. The number of rotatable bonds is 2. The third-order valence-electron chi connectivity index (χ3n) is 3.88. The molecule has 1 aliphatic rings. The summed E-state index contributed by atoms with van der Waals surface area (Å²) >= 11 is 0. The maximum absolute atomic E-state index is 14.4. The molecular formula is C15H13BF2O2. The molecule has 0 unspecified atom stereocenters. The van der Waals surface area contributed by atoms with E-state index in [0.717, 1.165) is 0 Å². The largest absolute Gasteiger partial charge is 0.494 e. The lowest BCUT2D eigenvalue weighted by molar-refractivity contribution is 0.383. The number of benzene rings is 2. The van der Waals surface area contributed by atoms with Crippen LogP contribution in [0.1, 0.15) is 16.9 Å². The van der Waals surface area contributed by atoms with Crippen molar-refractivity contribution in [2.45, 2.75) is 5.82 Å². The normalized spacial score (nSPS) is 13.0. The SMILES string of the molecule is BC1c2c(ccc(OC)c2F)-c2ccc(OC)c(F)c21. The van der Waals surface area contributed by atoms with Crippen molar-refractivity contribution in [2.75, 3.05) is 14.2 Å². The summed E-state index contributed by atoms with van der Waals surface area (Å²) in [6.07, 6.45) is 0. The van der Waals surface area contributed by atoms with Gasteiger partial charge in [0.15, 0.2) is 23.1 Å². The summed E-state index contributed by atoms with van der Waals surface area (Å²) in [5.41, 5.74) is 2.39. The lowest BCUT2D eigenvalue weighted by Crippen LogP contribution is -2.03. The fourth-order valence-corrected chi connectivity index (χ4v) is 2.92. The molecule has 1 aliphatic carbocycles. The second-order valence-corrected chi connectivity index (χ2v) is 4.81. The Morgan fingerprint density at radius 3 is 1.60 bits per heavy atom. The van der Waals surface area contributed by atoms with Crippen LogP contribution < -0.4 is 9.47 Å². The number of hydrogen-bond donors (Lipinski definition) is 0. The molecule has 0 N–H and O–H groups in total. The maximum Gasteiger partial charge on any atom is 0.168 e. The van der Waals surface area contributed by atoms with E-state index in [4.69, 9.17) is 9.47 Å². The molecule has 102 valence electrons. The number of methoxy groups -OCH3 is 2. The molecule has 0 atom stereocenters. The minimum absolute atomic E-state index is 0.177. The highest BCUT2D eigenvalue weighted by Gasteiger charge is 2.33. The molecule has 0 saturated carbocycles. The molecule has 0 heterocycles. The van der Waals surface area contributed by atoms with E-state index in [0.29, 0.717) is 22.3 Å². The van der Waals surface area contributed by atoms with Gasteiger partial charge in [0.1, 0.15) is 7.85 Å². The topological polar surface area (TPSA) is 18.5 Å². The van der Waals surface area contributed by atoms with Gasteiger partial charge in [-0.15, -0.1) is 0 Å². The summed E-state index contributed by atoms with van der Waals surface area (Å²) in [7, 11) is 4.62. The van der Waals surface area contributed by atoms with Gasteiger partial charge in [-0.25, -0.2) is 8.78 Å². The van der Waals surface area contributed by atoms with Gasteiger partial charge in [0.2, 0.25) is 0 Å². The zero-order valence-electron chi connectivity index (χ0n) is 11.5. The molecule has 2 aromatic carbocycles. The number of hydrogen-bond acceptors (Lipinski definition) is 2. The van der Waals surface area contributed by atoms with E-state index in [1.54, 1.807) is 32.1 Å². The van der Waals surface area contributed by atoms with Crippen LogP contribution >= 0.6 is 0 Å². The molecule has 0 aromatic heterocycles. The molecule has 0 bridgehead atoms. The standard InChI is InChI=1S/C15H13BF2O2/c1-19-9-5-3-7-8-4-6-10(20-2)15(18)12(8)13(16)11(7)14(9)17/h3-6,13H,16H2,1-2H3. The first-order valence-electron chi connectivity index (χ1n) is 6.33.